The Kier molecular flexibility index (Phi) is 5.97. The average Bonchev–Trinajstić information content (AvgIpc) is 3.38. The molecule has 2 atom stereocenters. The number of amides is 1. The van der Waals surface area contributed by atoms with Crippen LogP contribution in [0.2, 0.25) is 10.0 Å². The minimum Gasteiger partial charge on any atom is -0.480 e. The zero-order chi connectivity index (χ0) is 25.8. The smallest absolute Gasteiger partial charge is 0.326 e. The van der Waals surface area contributed by atoms with E-state index < -0.39 is 35.0 Å². The molecule has 184 valence electrons. The molecule has 5 rings (SSSR count). The lowest BCUT2D eigenvalue weighted by Crippen LogP contribution is -2.42. The first-order valence-electron chi connectivity index (χ1n) is 11.0. The molecule has 1 fully saturated rings. The number of benzene rings is 3. The topological polar surface area (TPSA) is 86.7 Å². The van der Waals surface area contributed by atoms with E-state index in [-0.39, 0.29) is 40.8 Å². The van der Waals surface area contributed by atoms with Crippen molar-refractivity contribution < 1.29 is 28.3 Å². The number of anilines is 2. The predicted octanol–water partition coefficient (Wildman–Crippen LogP) is 5.06. The summed E-state index contributed by atoms with van der Waals surface area (Å²) in [6, 6.07) is 12.2. The lowest BCUT2D eigenvalue weighted by molar-refractivity contribution is -0.139. The van der Waals surface area contributed by atoms with Crippen LogP contribution < -0.4 is 10.2 Å². The van der Waals surface area contributed by atoms with Gasteiger partial charge in [-0.1, -0.05) is 41.4 Å². The Morgan fingerprint density at radius 3 is 2.25 bits per heavy atom. The standard InChI is InChI=1S/C26H18Cl2F2N2O4/c27-16-2-1-3-17(28)23(16)24(34)31-20(25(35)36)8-13-4-6-14(7-5-13)32-12-26(11-22(26)33)15-9-18(29)19(30)10-21(15)32/h1-7,9-10,20H,8,11-12H2,(H,31,34)(H,35,36)/t20-,26?/m0/s1. The Balaban J connectivity index is 1.36. The first-order chi connectivity index (χ1) is 17.1. The number of hydrogen-bond donors (Lipinski definition) is 2. The molecule has 0 radical (unpaired) electrons. The van der Waals surface area contributed by atoms with Crippen LogP contribution in [0.3, 0.4) is 0 Å². The lowest BCUT2D eigenvalue weighted by Gasteiger charge is -2.21. The van der Waals surface area contributed by atoms with E-state index in [4.69, 9.17) is 23.2 Å². The Labute approximate surface area is 214 Å². The molecule has 0 bridgehead atoms. The van der Waals surface area contributed by atoms with Crippen LogP contribution in [0.5, 0.6) is 0 Å². The van der Waals surface area contributed by atoms with Crippen LogP contribution in [0.25, 0.3) is 0 Å². The molecule has 36 heavy (non-hydrogen) atoms. The predicted molar refractivity (Wildman–Crippen MR) is 130 cm³/mol. The largest absolute Gasteiger partial charge is 0.480 e. The van der Waals surface area contributed by atoms with E-state index in [1.807, 2.05) is 0 Å². The van der Waals surface area contributed by atoms with Gasteiger partial charge >= 0.3 is 5.97 Å². The molecular formula is C26H18Cl2F2N2O4. The van der Waals surface area contributed by atoms with Crippen LogP contribution in [0.4, 0.5) is 20.2 Å². The number of carbonyl (C=O) groups excluding carboxylic acids is 2. The Morgan fingerprint density at radius 1 is 1.06 bits per heavy atom. The number of ketones is 1. The maximum atomic E-state index is 14.0. The maximum absolute atomic E-state index is 14.0. The molecule has 10 heteroatoms. The highest BCUT2D eigenvalue weighted by atomic mass is 35.5. The van der Waals surface area contributed by atoms with E-state index in [2.05, 4.69) is 5.32 Å². The molecule has 1 heterocycles. The first-order valence-corrected chi connectivity index (χ1v) is 11.7. The van der Waals surface area contributed by atoms with Gasteiger partial charge in [0.05, 0.1) is 21.0 Å². The summed E-state index contributed by atoms with van der Waals surface area (Å²) in [5.74, 6) is -3.97. The number of Topliss-reactive ketones (excluding diaryl/α,β-unsaturated/α-hetero) is 1. The number of hydrogen-bond acceptors (Lipinski definition) is 4. The van der Waals surface area contributed by atoms with E-state index in [1.54, 1.807) is 35.2 Å². The highest BCUT2D eigenvalue weighted by Crippen LogP contribution is 2.55. The molecule has 0 saturated heterocycles. The van der Waals surface area contributed by atoms with Crippen LogP contribution in [0, 0.1) is 11.6 Å². The molecule has 3 aromatic carbocycles. The number of aliphatic carboxylic acids is 1. The molecule has 2 aliphatic rings. The van der Waals surface area contributed by atoms with Crippen molar-refractivity contribution >= 4 is 52.2 Å². The number of halogens is 4. The van der Waals surface area contributed by atoms with E-state index in [0.717, 1.165) is 12.1 Å². The molecule has 1 amide bonds. The monoisotopic (exact) mass is 530 g/mol. The second-order valence-electron chi connectivity index (χ2n) is 8.88. The number of carbonyl (C=O) groups is 3. The molecule has 1 aliphatic carbocycles. The van der Waals surface area contributed by atoms with Crippen molar-refractivity contribution in [1.29, 1.82) is 0 Å². The maximum Gasteiger partial charge on any atom is 0.326 e. The second-order valence-corrected chi connectivity index (χ2v) is 9.70. The van der Waals surface area contributed by atoms with Gasteiger partial charge in [0, 0.05) is 36.8 Å². The van der Waals surface area contributed by atoms with Crippen molar-refractivity contribution in [3.05, 3.63) is 93.0 Å². The third-order valence-corrected chi connectivity index (χ3v) is 7.26. The van der Waals surface area contributed by atoms with Crippen molar-refractivity contribution in [2.24, 2.45) is 0 Å². The summed E-state index contributed by atoms with van der Waals surface area (Å²) in [4.78, 5) is 38.4. The molecule has 1 unspecified atom stereocenters. The fourth-order valence-corrected chi connectivity index (χ4v) is 5.19. The van der Waals surface area contributed by atoms with E-state index in [0.29, 0.717) is 22.5 Å². The van der Waals surface area contributed by atoms with Crippen LogP contribution in [0.1, 0.15) is 27.9 Å². The zero-order valence-electron chi connectivity index (χ0n) is 18.5. The third-order valence-electron chi connectivity index (χ3n) is 6.63. The van der Waals surface area contributed by atoms with Crippen molar-refractivity contribution in [2.75, 3.05) is 11.4 Å². The van der Waals surface area contributed by atoms with Gasteiger partial charge in [-0.05, 0) is 41.5 Å². The highest BCUT2D eigenvalue weighted by Gasteiger charge is 2.61. The van der Waals surface area contributed by atoms with Gasteiger partial charge in [0.25, 0.3) is 5.91 Å². The summed E-state index contributed by atoms with van der Waals surface area (Å²) in [5, 5.41) is 12.3. The van der Waals surface area contributed by atoms with E-state index >= 15 is 0 Å². The molecular weight excluding hydrogens is 513 g/mol. The number of fused-ring (bicyclic) bond motifs is 2. The molecule has 3 aromatic rings. The van der Waals surface area contributed by atoms with E-state index in [9.17, 15) is 28.3 Å². The van der Waals surface area contributed by atoms with Gasteiger partial charge in [-0.2, -0.15) is 0 Å². The van der Waals surface area contributed by atoms with Crippen LogP contribution in [-0.2, 0) is 21.4 Å². The average molecular weight is 531 g/mol. The van der Waals surface area contributed by atoms with Crippen molar-refractivity contribution in [2.45, 2.75) is 24.3 Å². The van der Waals surface area contributed by atoms with Crippen LogP contribution in [0.15, 0.2) is 54.6 Å². The minimum absolute atomic E-state index is 0.0117. The fourth-order valence-electron chi connectivity index (χ4n) is 4.63. The fraction of sp³-hybridized carbons (Fsp3) is 0.192. The summed E-state index contributed by atoms with van der Waals surface area (Å²) in [6.07, 6.45) is 0.247. The Bertz CT molecular complexity index is 1410. The number of nitrogens with one attached hydrogen (secondary N) is 1. The summed E-state index contributed by atoms with van der Waals surface area (Å²) < 4.78 is 27.9. The highest BCUT2D eigenvalue weighted by molar-refractivity contribution is 6.39. The molecule has 1 aliphatic heterocycles. The van der Waals surface area contributed by atoms with E-state index in [1.165, 1.54) is 12.1 Å². The Hall–Kier alpha value is -3.49. The third kappa shape index (κ3) is 4.10. The van der Waals surface area contributed by atoms with Crippen LogP contribution >= 0.6 is 23.2 Å². The van der Waals surface area contributed by atoms with Gasteiger partial charge in [-0.15, -0.1) is 0 Å². The summed E-state index contributed by atoms with van der Waals surface area (Å²) in [7, 11) is 0. The SMILES string of the molecule is O=C(N[C@@H](Cc1ccc(N2CC3(CC3=O)c3cc(F)c(F)cc32)cc1)C(=O)O)c1c(Cl)cccc1Cl. The zero-order valence-corrected chi connectivity index (χ0v) is 20.0. The lowest BCUT2D eigenvalue weighted by atomic mass is 9.98. The number of carboxylic acid groups (broad SMARTS) is 1. The van der Waals surface area contributed by atoms with Crippen molar-refractivity contribution in [1.82, 2.24) is 5.32 Å². The summed E-state index contributed by atoms with van der Waals surface area (Å²) >= 11 is 12.1. The summed E-state index contributed by atoms with van der Waals surface area (Å²) in [6.45, 7) is 0.274. The Morgan fingerprint density at radius 2 is 1.67 bits per heavy atom. The quantitative estimate of drug-likeness (QED) is 0.465. The molecule has 6 nitrogen and oxygen atoms in total. The second kappa shape index (κ2) is 8.87. The molecule has 2 N–H and O–H groups in total. The number of nitrogens with zero attached hydrogens (tertiary/aromatic N) is 1. The normalized spacial score (nSPS) is 18.8. The van der Waals surface area contributed by atoms with Gasteiger partial charge in [-0.3, -0.25) is 9.59 Å². The van der Waals surface area contributed by atoms with Gasteiger partial charge in [0.1, 0.15) is 11.8 Å². The molecule has 1 saturated carbocycles. The molecule has 0 aromatic heterocycles. The van der Waals surface area contributed by atoms with Gasteiger partial charge < -0.3 is 15.3 Å². The van der Waals surface area contributed by atoms with Crippen molar-refractivity contribution in [3.8, 4) is 0 Å². The minimum atomic E-state index is -1.26. The van der Waals surface area contributed by atoms with Crippen molar-refractivity contribution in [3.63, 3.8) is 0 Å². The van der Waals surface area contributed by atoms with Crippen LogP contribution in [-0.4, -0.2) is 35.4 Å². The van der Waals surface area contributed by atoms with Gasteiger partial charge in [0.15, 0.2) is 11.6 Å². The first kappa shape index (κ1) is 24.2. The van der Waals surface area contributed by atoms with Gasteiger partial charge in [-0.25, -0.2) is 13.6 Å². The molecule has 1 spiro atoms. The number of rotatable bonds is 6. The number of carboxylic acids is 1. The summed E-state index contributed by atoms with van der Waals surface area (Å²) in [5.41, 5.74) is 1.32. The van der Waals surface area contributed by atoms with Gasteiger partial charge in [0.2, 0.25) is 0 Å².